The topological polar surface area (TPSA) is 67.9 Å². The number of amides is 2. The van der Waals surface area contributed by atoms with Crippen LogP contribution in [0.15, 0.2) is 30.3 Å². The van der Waals surface area contributed by atoms with Crippen molar-refractivity contribution in [2.75, 3.05) is 13.1 Å². The first kappa shape index (κ1) is 20.0. The first-order chi connectivity index (χ1) is 11.3. The molecule has 6 nitrogen and oxygen atoms in total. The minimum absolute atomic E-state index is 0.0562. The lowest BCUT2D eigenvalue weighted by Gasteiger charge is -2.26. The van der Waals surface area contributed by atoms with E-state index in [4.69, 9.17) is 9.57 Å². The lowest BCUT2D eigenvalue weighted by atomic mass is 10.2. The van der Waals surface area contributed by atoms with Gasteiger partial charge in [0.1, 0.15) is 12.2 Å². The normalized spacial score (nSPS) is 11.0. The molecule has 1 aromatic rings. The Labute approximate surface area is 144 Å². The highest BCUT2D eigenvalue weighted by atomic mass is 16.7. The van der Waals surface area contributed by atoms with Crippen LogP contribution in [-0.2, 0) is 21.0 Å². The van der Waals surface area contributed by atoms with Crippen molar-refractivity contribution in [2.45, 2.75) is 52.7 Å². The third-order valence-corrected chi connectivity index (χ3v) is 2.99. The second kappa shape index (κ2) is 9.93. The molecule has 0 heterocycles. The summed E-state index contributed by atoms with van der Waals surface area (Å²) in [4.78, 5) is 28.7. The van der Waals surface area contributed by atoms with Crippen LogP contribution in [0.25, 0.3) is 0 Å². The molecule has 1 N–H and O–H groups in total. The summed E-state index contributed by atoms with van der Waals surface area (Å²) < 4.78 is 5.38. The highest BCUT2D eigenvalue weighted by Gasteiger charge is 2.22. The zero-order valence-corrected chi connectivity index (χ0v) is 15.0. The molecule has 0 saturated heterocycles. The highest BCUT2D eigenvalue weighted by molar-refractivity contribution is 5.72. The average molecular weight is 336 g/mol. The largest absolute Gasteiger partial charge is 0.442 e. The first-order valence-electron chi connectivity index (χ1n) is 8.20. The zero-order valence-electron chi connectivity index (χ0n) is 15.0. The monoisotopic (exact) mass is 336 g/mol. The van der Waals surface area contributed by atoms with E-state index in [1.54, 1.807) is 0 Å². The third kappa shape index (κ3) is 9.15. The quantitative estimate of drug-likeness (QED) is 0.584. The molecule has 1 rings (SSSR count). The van der Waals surface area contributed by atoms with E-state index in [0.717, 1.165) is 12.0 Å². The van der Waals surface area contributed by atoms with E-state index in [0.29, 0.717) is 26.1 Å². The standard InChI is InChI=1S/C18H28N2O4/c1-15(21)19-12-8-9-13-20(17(22)24-18(2,3)4)23-14-16-10-6-5-7-11-16/h5-7,10-11H,8-9,12-14H2,1-4H3,(H,19,21). The van der Waals surface area contributed by atoms with Crippen molar-refractivity contribution in [2.24, 2.45) is 0 Å². The van der Waals surface area contributed by atoms with Crippen molar-refractivity contribution < 1.29 is 19.2 Å². The molecular formula is C18H28N2O4. The van der Waals surface area contributed by atoms with E-state index < -0.39 is 11.7 Å². The van der Waals surface area contributed by atoms with Crippen molar-refractivity contribution in [3.8, 4) is 0 Å². The summed E-state index contributed by atoms with van der Waals surface area (Å²) in [5.74, 6) is -0.0562. The maximum absolute atomic E-state index is 12.3. The van der Waals surface area contributed by atoms with Crippen LogP contribution in [0.4, 0.5) is 4.79 Å². The summed E-state index contributed by atoms with van der Waals surface area (Å²) in [6, 6.07) is 9.64. The number of hydroxylamine groups is 2. The fraction of sp³-hybridized carbons (Fsp3) is 0.556. The number of benzene rings is 1. The minimum atomic E-state index is -0.582. The number of hydrogen-bond acceptors (Lipinski definition) is 4. The van der Waals surface area contributed by atoms with Gasteiger partial charge in [0.2, 0.25) is 5.91 Å². The number of carbonyl (C=O) groups is 2. The van der Waals surface area contributed by atoms with Gasteiger partial charge >= 0.3 is 6.09 Å². The Balaban J connectivity index is 2.51. The molecule has 0 unspecified atom stereocenters. The molecule has 0 radical (unpaired) electrons. The molecule has 24 heavy (non-hydrogen) atoms. The van der Waals surface area contributed by atoms with Crippen molar-refractivity contribution >= 4 is 12.0 Å². The Bertz CT molecular complexity index is 512. The lowest BCUT2D eigenvalue weighted by molar-refractivity contribution is -0.156. The van der Waals surface area contributed by atoms with Gasteiger partial charge in [-0.2, -0.15) is 5.06 Å². The number of unbranched alkanes of at least 4 members (excludes halogenated alkanes) is 1. The Morgan fingerprint density at radius 3 is 2.38 bits per heavy atom. The maximum Gasteiger partial charge on any atom is 0.434 e. The predicted octanol–water partition coefficient (Wildman–Crippen LogP) is 3.27. The number of ether oxygens (including phenoxy) is 1. The van der Waals surface area contributed by atoms with Crippen molar-refractivity contribution in [3.63, 3.8) is 0 Å². The maximum atomic E-state index is 12.3. The Kier molecular flexibility index (Phi) is 8.26. The van der Waals surface area contributed by atoms with Gasteiger partial charge in [0.05, 0.1) is 6.54 Å². The van der Waals surface area contributed by atoms with Crippen LogP contribution < -0.4 is 5.32 Å². The molecule has 2 amide bonds. The molecule has 0 fully saturated rings. The fourth-order valence-electron chi connectivity index (χ4n) is 1.89. The van der Waals surface area contributed by atoms with Gasteiger partial charge in [0.15, 0.2) is 0 Å². The third-order valence-electron chi connectivity index (χ3n) is 2.99. The molecule has 0 bridgehead atoms. The molecule has 1 aromatic carbocycles. The first-order valence-corrected chi connectivity index (χ1v) is 8.20. The van der Waals surface area contributed by atoms with Gasteiger partial charge in [-0.1, -0.05) is 30.3 Å². The number of hydrogen-bond donors (Lipinski definition) is 1. The van der Waals surface area contributed by atoms with Gasteiger partial charge < -0.3 is 10.1 Å². The van der Waals surface area contributed by atoms with Crippen LogP contribution in [0, 0.1) is 0 Å². The Morgan fingerprint density at radius 1 is 1.12 bits per heavy atom. The van der Waals surface area contributed by atoms with E-state index in [-0.39, 0.29) is 5.91 Å². The zero-order chi connectivity index (χ0) is 18.0. The molecule has 0 spiro atoms. The van der Waals surface area contributed by atoms with Crippen LogP contribution in [0.2, 0.25) is 0 Å². The van der Waals surface area contributed by atoms with Crippen molar-refractivity contribution in [1.29, 1.82) is 0 Å². The number of nitrogens with one attached hydrogen (secondary N) is 1. The fourth-order valence-corrected chi connectivity index (χ4v) is 1.89. The average Bonchev–Trinajstić information content (AvgIpc) is 2.48. The number of nitrogens with zero attached hydrogens (tertiary/aromatic N) is 1. The highest BCUT2D eigenvalue weighted by Crippen LogP contribution is 2.12. The predicted molar refractivity (Wildman–Crippen MR) is 92.1 cm³/mol. The van der Waals surface area contributed by atoms with Gasteiger partial charge in [0, 0.05) is 13.5 Å². The van der Waals surface area contributed by atoms with Crippen LogP contribution in [0.1, 0.15) is 46.1 Å². The van der Waals surface area contributed by atoms with Crippen LogP contribution in [-0.4, -0.2) is 35.8 Å². The van der Waals surface area contributed by atoms with Crippen LogP contribution in [0.5, 0.6) is 0 Å². The van der Waals surface area contributed by atoms with E-state index in [1.807, 2.05) is 51.1 Å². The number of carbonyl (C=O) groups excluding carboxylic acids is 2. The van der Waals surface area contributed by atoms with E-state index in [2.05, 4.69) is 5.32 Å². The van der Waals surface area contributed by atoms with E-state index in [9.17, 15) is 9.59 Å². The van der Waals surface area contributed by atoms with Gasteiger partial charge in [0.25, 0.3) is 0 Å². The van der Waals surface area contributed by atoms with Crippen LogP contribution >= 0.6 is 0 Å². The molecule has 134 valence electrons. The van der Waals surface area contributed by atoms with Gasteiger partial charge in [-0.25, -0.2) is 4.79 Å². The molecule has 0 aliphatic heterocycles. The molecule has 6 heteroatoms. The Hall–Kier alpha value is -2.08. The van der Waals surface area contributed by atoms with Gasteiger partial charge in [-0.15, -0.1) is 0 Å². The Morgan fingerprint density at radius 2 is 1.79 bits per heavy atom. The summed E-state index contributed by atoms with van der Waals surface area (Å²) in [7, 11) is 0. The van der Waals surface area contributed by atoms with Crippen molar-refractivity contribution in [3.05, 3.63) is 35.9 Å². The second-order valence-corrected chi connectivity index (χ2v) is 6.53. The van der Waals surface area contributed by atoms with Crippen molar-refractivity contribution in [1.82, 2.24) is 10.4 Å². The summed E-state index contributed by atoms with van der Waals surface area (Å²) in [6.07, 6.45) is 0.958. The molecule has 0 aliphatic rings. The molecule has 0 saturated carbocycles. The molecular weight excluding hydrogens is 308 g/mol. The molecule has 0 aliphatic carbocycles. The SMILES string of the molecule is CC(=O)NCCCCN(OCc1ccccc1)C(=O)OC(C)(C)C. The molecule has 0 atom stereocenters. The second-order valence-electron chi connectivity index (χ2n) is 6.53. The van der Waals surface area contributed by atoms with Crippen LogP contribution in [0.3, 0.4) is 0 Å². The number of rotatable bonds is 8. The van der Waals surface area contributed by atoms with Gasteiger partial charge in [-0.3, -0.25) is 9.63 Å². The minimum Gasteiger partial charge on any atom is -0.442 e. The van der Waals surface area contributed by atoms with E-state index in [1.165, 1.54) is 12.0 Å². The summed E-state index contributed by atoms with van der Waals surface area (Å²) in [6.45, 7) is 8.21. The smallest absolute Gasteiger partial charge is 0.434 e. The summed E-state index contributed by atoms with van der Waals surface area (Å²) in [5, 5.41) is 3.99. The summed E-state index contributed by atoms with van der Waals surface area (Å²) in [5.41, 5.74) is 0.394. The molecule has 0 aromatic heterocycles. The lowest BCUT2D eigenvalue weighted by Crippen LogP contribution is -2.37. The summed E-state index contributed by atoms with van der Waals surface area (Å²) >= 11 is 0. The van der Waals surface area contributed by atoms with Gasteiger partial charge in [-0.05, 0) is 39.2 Å². The van der Waals surface area contributed by atoms with E-state index >= 15 is 0 Å².